The summed E-state index contributed by atoms with van der Waals surface area (Å²) >= 11 is 5.59. The van der Waals surface area contributed by atoms with Gasteiger partial charge in [-0.2, -0.15) is 0 Å². The highest BCUT2D eigenvalue weighted by Gasteiger charge is 2.09. The molecule has 5 nitrogen and oxygen atoms in total. The van der Waals surface area contributed by atoms with Crippen LogP contribution in [0, 0.1) is 0 Å². The summed E-state index contributed by atoms with van der Waals surface area (Å²) in [7, 11) is 1.34. The lowest BCUT2D eigenvalue weighted by atomic mass is 10.5. The van der Waals surface area contributed by atoms with Crippen molar-refractivity contribution < 1.29 is 9.84 Å². The molecule has 0 saturated heterocycles. The summed E-state index contributed by atoms with van der Waals surface area (Å²) in [6, 6.07) is 0. The zero-order valence-corrected chi connectivity index (χ0v) is 7.78. The van der Waals surface area contributed by atoms with Gasteiger partial charge in [-0.05, 0) is 0 Å². The molecule has 13 heavy (non-hydrogen) atoms. The highest BCUT2D eigenvalue weighted by Crippen LogP contribution is 2.14. The Morgan fingerprint density at radius 3 is 3.00 bits per heavy atom. The van der Waals surface area contributed by atoms with Crippen molar-refractivity contribution in [3.05, 3.63) is 21.8 Å². The second-order valence-electron chi connectivity index (χ2n) is 2.29. The van der Waals surface area contributed by atoms with Gasteiger partial charge in [0, 0.05) is 0 Å². The van der Waals surface area contributed by atoms with Gasteiger partial charge < -0.3 is 9.84 Å². The van der Waals surface area contributed by atoms with E-state index in [1.807, 2.05) is 0 Å². The van der Waals surface area contributed by atoms with E-state index in [-0.39, 0.29) is 24.1 Å². The monoisotopic (exact) mass is 204 g/mol. The Bertz CT molecular complexity index is 350. The van der Waals surface area contributed by atoms with Crippen molar-refractivity contribution in [2.45, 2.75) is 6.54 Å². The normalized spacial score (nSPS) is 10.1. The van der Waals surface area contributed by atoms with Gasteiger partial charge in [0.1, 0.15) is 0 Å². The molecule has 1 rings (SSSR count). The molecule has 1 N–H and O–H groups in total. The molecule has 0 saturated carbocycles. The largest absolute Gasteiger partial charge is 0.489 e. The standard InChI is InChI=1S/C7H9ClN2O3/c1-13-5-6(8)9-4-10(2-3-11)7(5)12/h4,11H,2-3H2,1H3. The average Bonchev–Trinajstić information content (AvgIpc) is 2.11. The topological polar surface area (TPSA) is 64.3 Å². The Balaban J connectivity index is 3.20. The highest BCUT2D eigenvalue weighted by molar-refractivity contribution is 6.30. The molecule has 0 atom stereocenters. The van der Waals surface area contributed by atoms with Crippen molar-refractivity contribution >= 4 is 11.6 Å². The van der Waals surface area contributed by atoms with Crippen LogP contribution in [0.4, 0.5) is 0 Å². The number of rotatable bonds is 3. The van der Waals surface area contributed by atoms with Crippen LogP contribution in [0.5, 0.6) is 5.75 Å². The van der Waals surface area contributed by atoms with Crippen LogP contribution >= 0.6 is 11.6 Å². The van der Waals surface area contributed by atoms with Crippen LogP contribution in [0.25, 0.3) is 0 Å². The maximum atomic E-state index is 11.4. The lowest BCUT2D eigenvalue weighted by molar-refractivity contribution is 0.271. The van der Waals surface area contributed by atoms with Crippen LogP contribution < -0.4 is 10.3 Å². The predicted molar refractivity (Wildman–Crippen MR) is 47.1 cm³/mol. The zero-order valence-electron chi connectivity index (χ0n) is 7.03. The number of aliphatic hydroxyl groups excluding tert-OH is 1. The summed E-state index contributed by atoms with van der Waals surface area (Å²) in [5, 5.41) is 8.65. The van der Waals surface area contributed by atoms with Crippen LogP contribution in [-0.2, 0) is 6.54 Å². The minimum absolute atomic E-state index is 0.00221. The van der Waals surface area contributed by atoms with E-state index in [4.69, 9.17) is 21.4 Å². The number of halogens is 1. The summed E-state index contributed by atoms with van der Waals surface area (Å²) in [6.45, 7) is 0.0474. The fourth-order valence-electron chi connectivity index (χ4n) is 0.889. The van der Waals surface area contributed by atoms with Gasteiger partial charge in [0.25, 0.3) is 5.56 Å². The molecule has 0 spiro atoms. The van der Waals surface area contributed by atoms with E-state index in [1.54, 1.807) is 0 Å². The van der Waals surface area contributed by atoms with Crippen LogP contribution in [0.15, 0.2) is 11.1 Å². The number of hydrogen-bond donors (Lipinski definition) is 1. The molecule has 0 fully saturated rings. The maximum Gasteiger partial charge on any atom is 0.297 e. The van der Waals surface area contributed by atoms with E-state index < -0.39 is 5.56 Å². The minimum atomic E-state index is -0.392. The molecule has 0 aliphatic heterocycles. The number of aromatic nitrogens is 2. The van der Waals surface area contributed by atoms with Gasteiger partial charge in [0.2, 0.25) is 5.75 Å². The first-order chi connectivity index (χ1) is 6.20. The van der Waals surface area contributed by atoms with Crippen molar-refractivity contribution in [3.63, 3.8) is 0 Å². The van der Waals surface area contributed by atoms with Gasteiger partial charge in [-0.3, -0.25) is 9.36 Å². The van der Waals surface area contributed by atoms with E-state index >= 15 is 0 Å². The number of ether oxygens (including phenoxy) is 1. The van der Waals surface area contributed by atoms with Crippen LogP contribution in [0.1, 0.15) is 0 Å². The first-order valence-corrected chi connectivity index (χ1v) is 3.98. The van der Waals surface area contributed by atoms with E-state index in [1.165, 1.54) is 18.0 Å². The van der Waals surface area contributed by atoms with Crippen molar-refractivity contribution in [2.24, 2.45) is 0 Å². The molecule has 0 bridgehead atoms. The van der Waals surface area contributed by atoms with Crippen LogP contribution in [0.2, 0.25) is 5.15 Å². The quantitative estimate of drug-likeness (QED) is 0.699. The summed E-state index contributed by atoms with van der Waals surface area (Å²) < 4.78 is 5.98. The molecule has 0 aromatic carbocycles. The van der Waals surface area contributed by atoms with Crippen molar-refractivity contribution in [1.29, 1.82) is 0 Å². The third-order valence-corrected chi connectivity index (χ3v) is 1.77. The van der Waals surface area contributed by atoms with Gasteiger partial charge in [0.05, 0.1) is 26.6 Å². The molecule has 0 unspecified atom stereocenters. The Labute approximate surface area is 79.5 Å². The summed E-state index contributed by atoms with van der Waals surface area (Å²) in [5.74, 6) is -0.00221. The number of aliphatic hydroxyl groups is 1. The Morgan fingerprint density at radius 1 is 1.77 bits per heavy atom. The second-order valence-corrected chi connectivity index (χ2v) is 2.65. The van der Waals surface area contributed by atoms with E-state index in [9.17, 15) is 4.79 Å². The lowest BCUT2D eigenvalue weighted by Gasteiger charge is -2.05. The molecule has 0 radical (unpaired) electrons. The Morgan fingerprint density at radius 2 is 2.46 bits per heavy atom. The second kappa shape index (κ2) is 4.25. The summed E-state index contributed by atoms with van der Waals surface area (Å²) in [6.07, 6.45) is 1.27. The molecule has 0 aliphatic carbocycles. The average molecular weight is 205 g/mol. The van der Waals surface area contributed by atoms with Crippen molar-refractivity contribution in [3.8, 4) is 5.75 Å². The first-order valence-electron chi connectivity index (χ1n) is 3.60. The van der Waals surface area contributed by atoms with E-state index in [0.717, 1.165) is 0 Å². The zero-order chi connectivity index (χ0) is 9.84. The van der Waals surface area contributed by atoms with Crippen molar-refractivity contribution in [2.75, 3.05) is 13.7 Å². The molecule has 1 heterocycles. The molecular weight excluding hydrogens is 196 g/mol. The Hall–Kier alpha value is -1.07. The molecule has 6 heteroatoms. The van der Waals surface area contributed by atoms with Gasteiger partial charge in [-0.25, -0.2) is 4.98 Å². The third-order valence-electron chi connectivity index (χ3n) is 1.50. The fourth-order valence-corrected chi connectivity index (χ4v) is 1.09. The number of hydrogen-bond acceptors (Lipinski definition) is 4. The van der Waals surface area contributed by atoms with Gasteiger partial charge in [0.15, 0.2) is 5.15 Å². The first kappa shape index (κ1) is 10.0. The van der Waals surface area contributed by atoms with E-state index in [2.05, 4.69) is 4.98 Å². The van der Waals surface area contributed by atoms with Gasteiger partial charge in [-0.1, -0.05) is 11.6 Å². The highest BCUT2D eigenvalue weighted by atomic mass is 35.5. The van der Waals surface area contributed by atoms with Crippen LogP contribution in [0.3, 0.4) is 0 Å². The van der Waals surface area contributed by atoms with Gasteiger partial charge in [-0.15, -0.1) is 0 Å². The van der Waals surface area contributed by atoms with Gasteiger partial charge >= 0.3 is 0 Å². The molecule has 0 aliphatic rings. The van der Waals surface area contributed by atoms with Crippen LogP contribution in [-0.4, -0.2) is 28.4 Å². The SMILES string of the molecule is COc1c(Cl)ncn(CCO)c1=O. The molecule has 1 aromatic heterocycles. The molecule has 1 aromatic rings. The smallest absolute Gasteiger partial charge is 0.297 e. The minimum Gasteiger partial charge on any atom is -0.489 e. The summed E-state index contributed by atoms with van der Waals surface area (Å²) in [5.41, 5.74) is -0.392. The lowest BCUT2D eigenvalue weighted by Crippen LogP contribution is -2.23. The third kappa shape index (κ3) is 1.99. The predicted octanol–water partition coefficient (Wildman–Crippen LogP) is -0.102. The number of nitrogens with zero attached hydrogens (tertiary/aromatic N) is 2. The number of methoxy groups -OCH3 is 1. The van der Waals surface area contributed by atoms with E-state index in [0.29, 0.717) is 0 Å². The summed E-state index contributed by atoms with van der Waals surface area (Å²) in [4.78, 5) is 15.1. The Kier molecular flexibility index (Phi) is 3.27. The molecule has 72 valence electrons. The van der Waals surface area contributed by atoms with Crippen molar-refractivity contribution in [1.82, 2.24) is 9.55 Å². The molecular formula is C7H9ClN2O3. The fraction of sp³-hybridized carbons (Fsp3) is 0.429. The maximum absolute atomic E-state index is 11.4. The molecule has 0 amide bonds.